The summed E-state index contributed by atoms with van der Waals surface area (Å²) in [6, 6.07) is 0.702. The molecule has 12 heavy (non-hydrogen) atoms. The maximum atomic E-state index is 5.29. The largest absolute Gasteiger partial charge is 0.381 e. The molecule has 1 fully saturated rings. The number of rotatable bonds is 2. The van der Waals surface area contributed by atoms with Crippen LogP contribution in [0.1, 0.15) is 26.7 Å². The predicted octanol–water partition coefficient (Wildman–Crippen LogP) is 1.62. The first-order chi connectivity index (χ1) is 5.24. The van der Waals surface area contributed by atoms with Crippen molar-refractivity contribution >= 4 is 13.5 Å². The van der Waals surface area contributed by atoms with Crippen LogP contribution in [0.4, 0.5) is 0 Å². The van der Waals surface area contributed by atoms with Gasteiger partial charge in [0.1, 0.15) is 0 Å². The smallest absolute Gasteiger partial charge is 0.0595 e. The van der Waals surface area contributed by atoms with Crippen molar-refractivity contribution < 1.29 is 4.74 Å². The lowest BCUT2D eigenvalue weighted by molar-refractivity contribution is 0.0321. The fraction of sp³-hybridized carbons (Fsp3) is 1.00. The number of hydrogen-bond donors (Lipinski definition) is 0. The van der Waals surface area contributed by atoms with E-state index >= 15 is 0 Å². The number of likely N-dealkylation sites (tertiary alicyclic amines) is 1. The highest BCUT2D eigenvalue weighted by Gasteiger charge is 2.19. The van der Waals surface area contributed by atoms with Gasteiger partial charge in [0.15, 0.2) is 0 Å². The van der Waals surface area contributed by atoms with Gasteiger partial charge in [0, 0.05) is 26.2 Å². The lowest BCUT2D eigenvalue weighted by atomic mass is 10.1. The quantitative estimate of drug-likeness (QED) is 0.657. The van der Waals surface area contributed by atoms with Gasteiger partial charge >= 0.3 is 0 Å². The first-order valence-electron chi connectivity index (χ1n) is 4.51. The molecule has 3 heteroatoms. The van der Waals surface area contributed by atoms with Crippen LogP contribution in [0.5, 0.6) is 0 Å². The van der Waals surface area contributed by atoms with E-state index < -0.39 is 0 Å². The first kappa shape index (κ1) is 12.3. The minimum Gasteiger partial charge on any atom is -0.381 e. The fourth-order valence-electron chi connectivity index (χ4n) is 1.63. The summed E-state index contributed by atoms with van der Waals surface area (Å²) in [4.78, 5) is 2.51. The van der Waals surface area contributed by atoms with Crippen molar-refractivity contribution in [2.75, 3.05) is 20.2 Å². The van der Waals surface area contributed by atoms with E-state index in [1.165, 1.54) is 25.9 Å². The molecule has 0 atom stereocenters. The van der Waals surface area contributed by atoms with Gasteiger partial charge < -0.3 is 9.64 Å². The third-order valence-corrected chi connectivity index (χ3v) is 2.54. The highest BCUT2D eigenvalue weighted by Crippen LogP contribution is 2.14. The lowest BCUT2D eigenvalue weighted by Gasteiger charge is -2.33. The van der Waals surface area contributed by atoms with Gasteiger partial charge in [0.25, 0.3) is 0 Å². The molecule has 0 saturated carbocycles. The van der Waals surface area contributed by atoms with E-state index in [-0.39, 0.29) is 13.5 Å². The average molecular weight is 191 g/mol. The Bertz CT molecular complexity index is 111. The molecular formula is C9H21NOS. The van der Waals surface area contributed by atoms with Gasteiger partial charge in [-0.25, -0.2) is 0 Å². The molecule has 0 N–H and O–H groups in total. The Balaban J connectivity index is 0.00000121. The minimum atomic E-state index is 0. The molecule has 0 amide bonds. The van der Waals surface area contributed by atoms with E-state index in [1.54, 1.807) is 0 Å². The molecule has 1 saturated heterocycles. The van der Waals surface area contributed by atoms with E-state index in [0.29, 0.717) is 12.1 Å². The summed E-state index contributed by atoms with van der Waals surface area (Å²) in [6.45, 7) is 6.92. The van der Waals surface area contributed by atoms with Crippen LogP contribution in [-0.2, 0) is 4.74 Å². The lowest BCUT2D eigenvalue weighted by Crippen LogP contribution is -2.40. The Morgan fingerprint density at radius 3 is 2.08 bits per heavy atom. The molecule has 1 aliphatic rings. The molecule has 2 nitrogen and oxygen atoms in total. The highest BCUT2D eigenvalue weighted by atomic mass is 32.1. The number of ether oxygens (including phenoxy) is 1. The Hall–Kier alpha value is 0.270. The summed E-state index contributed by atoms with van der Waals surface area (Å²) in [7, 11) is 1.82. The molecule has 0 aromatic carbocycles. The van der Waals surface area contributed by atoms with Crippen LogP contribution in [0.2, 0.25) is 0 Å². The molecule has 0 bridgehead atoms. The van der Waals surface area contributed by atoms with Crippen molar-refractivity contribution in [1.82, 2.24) is 4.90 Å². The van der Waals surface area contributed by atoms with E-state index in [4.69, 9.17) is 4.74 Å². The Kier molecular flexibility index (Phi) is 5.97. The zero-order valence-corrected chi connectivity index (χ0v) is 9.34. The molecular weight excluding hydrogens is 170 g/mol. The topological polar surface area (TPSA) is 12.5 Å². The second-order valence-corrected chi connectivity index (χ2v) is 3.56. The molecule has 0 radical (unpaired) electrons. The summed E-state index contributed by atoms with van der Waals surface area (Å²) in [5.41, 5.74) is 0. The number of hydrogen-bond acceptors (Lipinski definition) is 2. The van der Waals surface area contributed by atoms with Crippen molar-refractivity contribution in [3.05, 3.63) is 0 Å². The summed E-state index contributed by atoms with van der Waals surface area (Å²) < 4.78 is 5.29. The van der Waals surface area contributed by atoms with Crippen molar-refractivity contribution in [3.63, 3.8) is 0 Å². The van der Waals surface area contributed by atoms with Crippen LogP contribution in [0, 0.1) is 0 Å². The van der Waals surface area contributed by atoms with E-state index in [1.807, 2.05) is 7.11 Å². The standard InChI is InChI=1S/C9H19NO.H2S/c1-8(2)10-6-4-9(11-3)5-7-10;/h8-9H,4-7H2,1-3H3;1H2. The molecule has 0 aromatic heterocycles. The van der Waals surface area contributed by atoms with Gasteiger partial charge in [-0.3, -0.25) is 0 Å². The molecule has 0 aliphatic carbocycles. The number of piperidine rings is 1. The van der Waals surface area contributed by atoms with E-state index in [2.05, 4.69) is 18.7 Å². The Morgan fingerprint density at radius 2 is 1.75 bits per heavy atom. The highest BCUT2D eigenvalue weighted by molar-refractivity contribution is 7.59. The second kappa shape index (κ2) is 5.84. The van der Waals surface area contributed by atoms with Gasteiger partial charge in [0.2, 0.25) is 0 Å². The second-order valence-electron chi connectivity index (χ2n) is 3.56. The molecule has 0 aromatic rings. The molecule has 0 unspecified atom stereocenters. The zero-order chi connectivity index (χ0) is 8.27. The van der Waals surface area contributed by atoms with Gasteiger partial charge in [-0.2, -0.15) is 13.5 Å². The van der Waals surface area contributed by atoms with Crippen molar-refractivity contribution in [3.8, 4) is 0 Å². The molecule has 1 aliphatic heterocycles. The monoisotopic (exact) mass is 191 g/mol. The Labute approximate surface area is 82.7 Å². The molecule has 0 spiro atoms. The number of methoxy groups -OCH3 is 1. The SMILES string of the molecule is COC1CCN(C(C)C)CC1.S. The summed E-state index contributed by atoms with van der Waals surface area (Å²) >= 11 is 0. The van der Waals surface area contributed by atoms with Crippen LogP contribution in [0.15, 0.2) is 0 Å². The zero-order valence-electron chi connectivity index (χ0n) is 8.34. The number of nitrogens with zero attached hydrogens (tertiary/aromatic N) is 1. The Morgan fingerprint density at radius 1 is 1.25 bits per heavy atom. The van der Waals surface area contributed by atoms with Crippen molar-refractivity contribution in [2.45, 2.75) is 38.8 Å². The van der Waals surface area contributed by atoms with Crippen molar-refractivity contribution in [1.29, 1.82) is 0 Å². The summed E-state index contributed by atoms with van der Waals surface area (Å²) in [5, 5.41) is 0. The van der Waals surface area contributed by atoms with Crippen LogP contribution in [-0.4, -0.2) is 37.2 Å². The van der Waals surface area contributed by atoms with Crippen molar-refractivity contribution in [2.24, 2.45) is 0 Å². The minimum absolute atomic E-state index is 0. The maximum Gasteiger partial charge on any atom is 0.0595 e. The average Bonchev–Trinajstić information content (AvgIpc) is 2.05. The third-order valence-electron chi connectivity index (χ3n) is 2.54. The van der Waals surface area contributed by atoms with Gasteiger partial charge in [-0.1, -0.05) is 0 Å². The van der Waals surface area contributed by atoms with Crippen LogP contribution in [0.25, 0.3) is 0 Å². The van der Waals surface area contributed by atoms with Gasteiger partial charge in [-0.05, 0) is 26.7 Å². The van der Waals surface area contributed by atoms with Gasteiger partial charge in [-0.15, -0.1) is 0 Å². The molecule has 1 heterocycles. The molecule has 1 rings (SSSR count). The van der Waals surface area contributed by atoms with Gasteiger partial charge in [0.05, 0.1) is 6.10 Å². The van der Waals surface area contributed by atoms with Crippen LogP contribution < -0.4 is 0 Å². The van der Waals surface area contributed by atoms with E-state index in [9.17, 15) is 0 Å². The van der Waals surface area contributed by atoms with Crippen LogP contribution >= 0.6 is 13.5 Å². The maximum absolute atomic E-state index is 5.29. The summed E-state index contributed by atoms with van der Waals surface area (Å²) in [5.74, 6) is 0. The molecule has 74 valence electrons. The normalized spacial score (nSPS) is 21.0. The summed E-state index contributed by atoms with van der Waals surface area (Å²) in [6.07, 6.45) is 2.92. The first-order valence-corrected chi connectivity index (χ1v) is 4.51. The third kappa shape index (κ3) is 3.33. The van der Waals surface area contributed by atoms with E-state index in [0.717, 1.165) is 0 Å². The predicted molar refractivity (Wildman–Crippen MR) is 57.1 cm³/mol. The van der Waals surface area contributed by atoms with Crippen LogP contribution in [0.3, 0.4) is 0 Å². The fourth-order valence-corrected chi connectivity index (χ4v) is 1.63.